The van der Waals surface area contributed by atoms with E-state index in [0.29, 0.717) is 19.0 Å². The Morgan fingerprint density at radius 3 is 2.86 bits per heavy atom. The third-order valence-electron chi connectivity index (χ3n) is 5.23. The maximum absolute atomic E-state index is 11.5. The zero-order valence-electron chi connectivity index (χ0n) is 13.2. The summed E-state index contributed by atoms with van der Waals surface area (Å²) in [7, 11) is 0. The monoisotopic (exact) mass is 302 g/mol. The SMILES string of the molecule is CC(Nc1ccc(NC(=O)CCN)cn1)C1CC2CCC1C2. The van der Waals surface area contributed by atoms with Crippen molar-refractivity contribution in [2.24, 2.45) is 23.5 Å². The summed E-state index contributed by atoms with van der Waals surface area (Å²) in [5.74, 6) is 3.46. The van der Waals surface area contributed by atoms with Crippen LogP contribution in [0.15, 0.2) is 18.3 Å². The van der Waals surface area contributed by atoms with Crippen LogP contribution in [0.4, 0.5) is 11.5 Å². The summed E-state index contributed by atoms with van der Waals surface area (Å²) in [5.41, 5.74) is 6.08. The lowest BCUT2D eigenvalue weighted by molar-refractivity contribution is -0.116. The second kappa shape index (κ2) is 6.65. The Labute approximate surface area is 132 Å². The molecule has 4 atom stereocenters. The molecule has 0 saturated heterocycles. The minimum absolute atomic E-state index is 0.0691. The first-order valence-corrected chi connectivity index (χ1v) is 8.38. The van der Waals surface area contributed by atoms with Gasteiger partial charge in [0.1, 0.15) is 5.82 Å². The lowest BCUT2D eigenvalue weighted by atomic mass is 9.84. The minimum atomic E-state index is -0.0691. The van der Waals surface area contributed by atoms with Gasteiger partial charge < -0.3 is 16.4 Å². The van der Waals surface area contributed by atoms with Crippen molar-refractivity contribution in [2.75, 3.05) is 17.2 Å². The van der Waals surface area contributed by atoms with Crippen molar-refractivity contribution in [3.63, 3.8) is 0 Å². The van der Waals surface area contributed by atoms with Gasteiger partial charge in [-0.15, -0.1) is 0 Å². The maximum atomic E-state index is 11.5. The second-order valence-corrected chi connectivity index (χ2v) is 6.79. The molecule has 0 aliphatic heterocycles. The third kappa shape index (κ3) is 3.40. The van der Waals surface area contributed by atoms with Gasteiger partial charge in [-0.3, -0.25) is 4.79 Å². The standard InChI is InChI=1S/C17H26N4O/c1-11(15-9-12-2-3-13(15)8-12)20-16-5-4-14(10-19-16)21-17(22)6-7-18/h4-5,10-13,15H,2-3,6-9,18H2,1H3,(H,19,20)(H,21,22). The van der Waals surface area contributed by atoms with Gasteiger partial charge in [-0.25, -0.2) is 4.98 Å². The largest absolute Gasteiger partial charge is 0.367 e. The number of nitrogens with zero attached hydrogens (tertiary/aromatic N) is 1. The Bertz CT molecular complexity index is 516. The van der Waals surface area contributed by atoms with Gasteiger partial charge in [0.2, 0.25) is 5.91 Å². The molecule has 2 saturated carbocycles. The van der Waals surface area contributed by atoms with E-state index >= 15 is 0 Å². The van der Waals surface area contributed by atoms with Gasteiger partial charge in [0, 0.05) is 19.0 Å². The Morgan fingerprint density at radius 1 is 1.41 bits per heavy atom. The van der Waals surface area contributed by atoms with Gasteiger partial charge in [0.25, 0.3) is 0 Å². The van der Waals surface area contributed by atoms with Gasteiger partial charge in [-0.05, 0) is 56.1 Å². The number of fused-ring (bicyclic) bond motifs is 2. The number of pyridine rings is 1. The Morgan fingerprint density at radius 2 is 2.27 bits per heavy atom. The van der Waals surface area contributed by atoms with Gasteiger partial charge in [-0.2, -0.15) is 0 Å². The average molecular weight is 302 g/mol. The smallest absolute Gasteiger partial charge is 0.225 e. The molecule has 5 heteroatoms. The van der Waals surface area contributed by atoms with Crippen molar-refractivity contribution in [3.8, 4) is 0 Å². The number of amides is 1. The number of hydrogen-bond acceptors (Lipinski definition) is 4. The topological polar surface area (TPSA) is 80.0 Å². The molecule has 2 fully saturated rings. The molecule has 3 rings (SSSR count). The zero-order valence-corrected chi connectivity index (χ0v) is 13.2. The fraction of sp³-hybridized carbons (Fsp3) is 0.647. The lowest BCUT2D eigenvalue weighted by Gasteiger charge is -2.28. The molecule has 5 nitrogen and oxygen atoms in total. The molecule has 22 heavy (non-hydrogen) atoms. The summed E-state index contributed by atoms with van der Waals surface area (Å²) in [4.78, 5) is 15.9. The second-order valence-electron chi connectivity index (χ2n) is 6.79. The first kappa shape index (κ1) is 15.3. The number of aromatic nitrogens is 1. The van der Waals surface area contributed by atoms with Crippen LogP contribution in [0.2, 0.25) is 0 Å². The Kier molecular flexibility index (Phi) is 4.62. The molecule has 120 valence electrons. The third-order valence-corrected chi connectivity index (χ3v) is 5.23. The van der Waals surface area contributed by atoms with Crippen LogP contribution >= 0.6 is 0 Å². The van der Waals surface area contributed by atoms with Gasteiger partial charge >= 0.3 is 0 Å². The van der Waals surface area contributed by atoms with Gasteiger partial charge in [-0.1, -0.05) is 6.42 Å². The van der Waals surface area contributed by atoms with Crippen LogP contribution in [0.5, 0.6) is 0 Å². The Hall–Kier alpha value is -1.62. The van der Waals surface area contributed by atoms with E-state index in [-0.39, 0.29) is 5.91 Å². The molecule has 1 aromatic rings. The number of anilines is 2. The summed E-state index contributed by atoms with van der Waals surface area (Å²) < 4.78 is 0. The van der Waals surface area contributed by atoms with E-state index in [4.69, 9.17) is 5.73 Å². The summed E-state index contributed by atoms with van der Waals surface area (Å²) in [6.45, 7) is 2.63. The van der Waals surface area contributed by atoms with Crippen molar-refractivity contribution in [1.29, 1.82) is 0 Å². The molecule has 0 aromatic carbocycles. The van der Waals surface area contributed by atoms with Gasteiger partial charge in [0.05, 0.1) is 11.9 Å². The van der Waals surface area contributed by atoms with Crippen LogP contribution in [0.1, 0.15) is 39.0 Å². The number of carbonyl (C=O) groups excluding carboxylic acids is 1. The van der Waals surface area contributed by atoms with Gasteiger partial charge in [0.15, 0.2) is 0 Å². The van der Waals surface area contributed by atoms with Crippen molar-refractivity contribution >= 4 is 17.4 Å². The maximum Gasteiger partial charge on any atom is 0.225 e. The predicted molar refractivity (Wildman–Crippen MR) is 88.6 cm³/mol. The highest BCUT2D eigenvalue weighted by atomic mass is 16.1. The lowest BCUT2D eigenvalue weighted by Crippen LogP contribution is -2.30. The van der Waals surface area contributed by atoms with E-state index in [1.807, 2.05) is 12.1 Å². The molecule has 0 spiro atoms. The van der Waals surface area contributed by atoms with Crippen molar-refractivity contribution in [2.45, 2.75) is 45.1 Å². The van der Waals surface area contributed by atoms with E-state index in [1.54, 1.807) is 6.20 Å². The quantitative estimate of drug-likeness (QED) is 0.754. The highest BCUT2D eigenvalue weighted by Crippen LogP contribution is 2.49. The van der Waals surface area contributed by atoms with Crippen molar-refractivity contribution < 1.29 is 4.79 Å². The molecular weight excluding hydrogens is 276 g/mol. The molecule has 2 bridgehead atoms. The van der Waals surface area contributed by atoms with Crippen LogP contribution < -0.4 is 16.4 Å². The van der Waals surface area contributed by atoms with Crippen LogP contribution in [0.3, 0.4) is 0 Å². The van der Waals surface area contributed by atoms with E-state index in [1.165, 1.54) is 25.7 Å². The van der Waals surface area contributed by atoms with E-state index in [9.17, 15) is 4.79 Å². The molecule has 2 aliphatic carbocycles. The van der Waals surface area contributed by atoms with E-state index in [0.717, 1.165) is 29.3 Å². The molecular formula is C17H26N4O. The molecule has 1 heterocycles. The summed E-state index contributed by atoms with van der Waals surface area (Å²) in [6.07, 6.45) is 7.66. The van der Waals surface area contributed by atoms with Crippen LogP contribution in [-0.2, 0) is 4.79 Å². The highest BCUT2D eigenvalue weighted by molar-refractivity contribution is 5.90. The van der Waals surface area contributed by atoms with E-state index < -0.39 is 0 Å². The van der Waals surface area contributed by atoms with E-state index in [2.05, 4.69) is 22.5 Å². The fourth-order valence-corrected chi connectivity index (χ4v) is 4.15. The first-order chi connectivity index (χ1) is 10.7. The van der Waals surface area contributed by atoms with Crippen LogP contribution in [-0.4, -0.2) is 23.5 Å². The predicted octanol–water partition coefficient (Wildman–Crippen LogP) is 2.61. The molecule has 4 unspecified atom stereocenters. The molecule has 0 radical (unpaired) electrons. The first-order valence-electron chi connectivity index (χ1n) is 8.38. The number of rotatable bonds is 6. The number of nitrogens with two attached hydrogens (primary N) is 1. The summed E-state index contributed by atoms with van der Waals surface area (Å²) >= 11 is 0. The highest BCUT2D eigenvalue weighted by Gasteiger charge is 2.41. The number of nitrogens with one attached hydrogen (secondary N) is 2. The molecule has 1 amide bonds. The number of hydrogen-bond donors (Lipinski definition) is 3. The summed E-state index contributed by atoms with van der Waals surface area (Å²) in [5, 5.41) is 6.32. The zero-order chi connectivity index (χ0) is 15.5. The van der Waals surface area contributed by atoms with Crippen LogP contribution in [0.25, 0.3) is 0 Å². The van der Waals surface area contributed by atoms with Crippen LogP contribution in [0, 0.1) is 17.8 Å². The van der Waals surface area contributed by atoms with Crippen molar-refractivity contribution in [3.05, 3.63) is 18.3 Å². The average Bonchev–Trinajstić information content (AvgIpc) is 3.12. The molecule has 2 aliphatic rings. The fourth-order valence-electron chi connectivity index (χ4n) is 4.15. The number of carbonyl (C=O) groups is 1. The van der Waals surface area contributed by atoms with Crippen molar-refractivity contribution in [1.82, 2.24) is 4.98 Å². The summed E-state index contributed by atoms with van der Waals surface area (Å²) in [6, 6.07) is 4.28. The normalized spacial score (nSPS) is 27.6. The minimum Gasteiger partial charge on any atom is -0.367 e. The molecule has 1 aromatic heterocycles. The molecule has 4 N–H and O–H groups in total. The Balaban J connectivity index is 1.53.